The van der Waals surface area contributed by atoms with Gasteiger partial charge in [0, 0.05) is 0 Å². The number of nitrogens with zero attached hydrogens (tertiary/aromatic N) is 4. The molecule has 92 valence electrons. The Balaban J connectivity index is 2.11. The van der Waals surface area contributed by atoms with E-state index in [9.17, 15) is 0 Å². The molecule has 1 aromatic carbocycles. The Labute approximate surface area is 114 Å². The average molecular weight is 282 g/mol. The van der Waals surface area contributed by atoms with Gasteiger partial charge in [-0.1, -0.05) is 41.4 Å². The van der Waals surface area contributed by atoms with Gasteiger partial charge < -0.3 is 5.73 Å². The van der Waals surface area contributed by atoms with Crippen molar-refractivity contribution in [1.29, 1.82) is 0 Å². The van der Waals surface area contributed by atoms with Crippen molar-refractivity contribution >= 4 is 34.7 Å². The molecule has 0 aliphatic rings. The van der Waals surface area contributed by atoms with E-state index in [-0.39, 0.29) is 22.7 Å². The molecule has 0 aliphatic carbocycles. The van der Waals surface area contributed by atoms with Crippen molar-refractivity contribution in [2.24, 2.45) is 10.2 Å². The Morgan fingerprint density at radius 3 is 2.44 bits per heavy atom. The van der Waals surface area contributed by atoms with Gasteiger partial charge in [-0.15, -0.1) is 0 Å². The topological polar surface area (TPSA) is 76.5 Å². The van der Waals surface area contributed by atoms with Crippen LogP contribution in [-0.2, 0) is 6.54 Å². The summed E-state index contributed by atoms with van der Waals surface area (Å²) >= 11 is 11.4. The summed E-state index contributed by atoms with van der Waals surface area (Å²) in [6.07, 6.45) is 0. The number of hydrogen-bond donors (Lipinski definition) is 1. The first-order valence-electron chi connectivity index (χ1n) is 5.07. The van der Waals surface area contributed by atoms with E-state index in [0.717, 1.165) is 5.69 Å². The van der Waals surface area contributed by atoms with Crippen LogP contribution in [-0.4, -0.2) is 9.97 Å². The fraction of sp³-hybridized carbons (Fsp3) is 0.0909. The van der Waals surface area contributed by atoms with E-state index in [4.69, 9.17) is 28.9 Å². The lowest BCUT2D eigenvalue weighted by Crippen LogP contribution is -2.01. The molecular weight excluding hydrogens is 273 g/mol. The second-order valence-corrected chi connectivity index (χ2v) is 4.09. The highest BCUT2D eigenvalue weighted by atomic mass is 35.5. The van der Waals surface area contributed by atoms with Gasteiger partial charge in [-0.25, -0.2) is 9.97 Å². The third-order valence-electron chi connectivity index (χ3n) is 2.08. The third kappa shape index (κ3) is 3.15. The van der Waals surface area contributed by atoms with Gasteiger partial charge in [0.05, 0.1) is 5.69 Å². The van der Waals surface area contributed by atoms with E-state index in [1.165, 1.54) is 0 Å². The highest BCUT2D eigenvalue weighted by molar-refractivity contribution is 6.40. The molecule has 0 saturated heterocycles. The van der Waals surface area contributed by atoms with Crippen molar-refractivity contribution in [2.75, 3.05) is 5.73 Å². The summed E-state index contributed by atoms with van der Waals surface area (Å²) in [6.45, 7) is 0.199. The molecule has 0 aliphatic heterocycles. The van der Waals surface area contributed by atoms with E-state index in [2.05, 4.69) is 20.2 Å². The zero-order valence-electron chi connectivity index (χ0n) is 9.22. The highest BCUT2D eigenvalue weighted by Gasteiger charge is 2.07. The van der Waals surface area contributed by atoms with E-state index in [1.54, 1.807) is 0 Å². The van der Waals surface area contributed by atoms with E-state index in [1.807, 2.05) is 30.3 Å². The SMILES string of the molecule is Nc1nc(Cl)c(Cl)nc1CN=Nc1ccccc1. The first-order chi connectivity index (χ1) is 8.66. The Bertz CT molecular complexity index is 571. The molecule has 0 spiro atoms. The van der Waals surface area contributed by atoms with Crippen LogP contribution in [0.3, 0.4) is 0 Å². The Hall–Kier alpha value is -1.72. The monoisotopic (exact) mass is 281 g/mol. The molecule has 0 fully saturated rings. The summed E-state index contributed by atoms with van der Waals surface area (Å²) in [5, 5.41) is 8.19. The molecule has 18 heavy (non-hydrogen) atoms. The van der Waals surface area contributed by atoms with Crippen molar-refractivity contribution in [1.82, 2.24) is 9.97 Å². The zero-order chi connectivity index (χ0) is 13.0. The van der Waals surface area contributed by atoms with E-state index >= 15 is 0 Å². The van der Waals surface area contributed by atoms with Gasteiger partial charge in [-0.05, 0) is 12.1 Å². The molecule has 0 bridgehead atoms. The number of benzene rings is 1. The average Bonchev–Trinajstić information content (AvgIpc) is 2.37. The number of anilines is 1. The highest BCUT2D eigenvalue weighted by Crippen LogP contribution is 2.21. The maximum Gasteiger partial charge on any atom is 0.168 e. The van der Waals surface area contributed by atoms with Crippen LogP contribution in [0.15, 0.2) is 40.6 Å². The summed E-state index contributed by atoms with van der Waals surface area (Å²) in [6, 6.07) is 9.34. The molecule has 2 rings (SSSR count). The molecule has 2 N–H and O–H groups in total. The van der Waals surface area contributed by atoms with Crippen LogP contribution in [0.1, 0.15) is 5.69 Å². The van der Waals surface area contributed by atoms with Crippen molar-refractivity contribution in [3.63, 3.8) is 0 Å². The van der Waals surface area contributed by atoms with E-state index < -0.39 is 0 Å². The van der Waals surface area contributed by atoms with Crippen molar-refractivity contribution in [3.05, 3.63) is 46.3 Å². The van der Waals surface area contributed by atoms with Gasteiger partial charge in [-0.2, -0.15) is 10.2 Å². The maximum atomic E-state index is 5.75. The van der Waals surface area contributed by atoms with Gasteiger partial charge in [0.2, 0.25) is 0 Å². The standard InChI is InChI=1S/C11H9Cl2N5/c12-9-10(13)17-11(14)8(16-9)6-15-18-7-4-2-1-3-5-7/h1-5H,6H2,(H2,14,17). The number of hydrogen-bond acceptors (Lipinski definition) is 5. The van der Waals surface area contributed by atoms with Crippen LogP contribution < -0.4 is 5.73 Å². The number of nitrogen functional groups attached to an aromatic ring is 1. The van der Waals surface area contributed by atoms with Gasteiger partial charge in [-0.3, -0.25) is 0 Å². The molecule has 0 atom stereocenters. The lowest BCUT2D eigenvalue weighted by molar-refractivity contribution is 0.906. The number of halogens is 2. The molecule has 5 nitrogen and oxygen atoms in total. The summed E-state index contributed by atoms with van der Waals surface area (Å²) in [4.78, 5) is 7.84. The van der Waals surface area contributed by atoms with Crippen LogP contribution in [0.4, 0.5) is 11.5 Å². The molecule has 0 radical (unpaired) electrons. The second-order valence-electron chi connectivity index (χ2n) is 3.37. The first kappa shape index (κ1) is 12.7. The maximum absolute atomic E-state index is 5.75. The molecule has 0 saturated carbocycles. The van der Waals surface area contributed by atoms with Crippen LogP contribution in [0, 0.1) is 0 Å². The number of aromatic nitrogens is 2. The van der Waals surface area contributed by atoms with Gasteiger partial charge in [0.15, 0.2) is 10.3 Å². The summed E-state index contributed by atoms with van der Waals surface area (Å²) < 4.78 is 0. The smallest absolute Gasteiger partial charge is 0.168 e. The Morgan fingerprint density at radius 2 is 1.72 bits per heavy atom. The Morgan fingerprint density at radius 1 is 1.06 bits per heavy atom. The molecule has 2 aromatic rings. The molecule has 1 aromatic heterocycles. The first-order valence-corrected chi connectivity index (χ1v) is 5.82. The third-order valence-corrected chi connectivity index (χ3v) is 2.70. The minimum absolute atomic E-state index is 0.0814. The summed E-state index contributed by atoms with van der Waals surface area (Å²) in [7, 11) is 0. The van der Waals surface area contributed by atoms with Crippen molar-refractivity contribution in [3.8, 4) is 0 Å². The van der Waals surface area contributed by atoms with Crippen molar-refractivity contribution in [2.45, 2.75) is 6.54 Å². The predicted molar refractivity (Wildman–Crippen MR) is 71.1 cm³/mol. The lowest BCUT2D eigenvalue weighted by Gasteiger charge is -2.02. The quantitative estimate of drug-likeness (QED) is 0.873. The minimum Gasteiger partial charge on any atom is -0.382 e. The van der Waals surface area contributed by atoms with Crippen LogP contribution in [0.25, 0.3) is 0 Å². The molecule has 1 heterocycles. The largest absolute Gasteiger partial charge is 0.382 e. The van der Waals surface area contributed by atoms with E-state index in [0.29, 0.717) is 5.69 Å². The van der Waals surface area contributed by atoms with Gasteiger partial charge >= 0.3 is 0 Å². The Kier molecular flexibility index (Phi) is 4.07. The van der Waals surface area contributed by atoms with Crippen LogP contribution >= 0.6 is 23.2 Å². The molecule has 0 unspecified atom stereocenters. The fourth-order valence-electron chi connectivity index (χ4n) is 1.23. The number of rotatable bonds is 3. The normalized spacial score (nSPS) is 11.0. The van der Waals surface area contributed by atoms with Crippen LogP contribution in [0.2, 0.25) is 10.3 Å². The van der Waals surface area contributed by atoms with Crippen molar-refractivity contribution < 1.29 is 0 Å². The fourth-order valence-corrected chi connectivity index (χ4v) is 1.51. The lowest BCUT2D eigenvalue weighted by atomic mass is 10.3. The molecule has 0 amide bonds. The molecule has 7 heteroatoms. The van der Waals surface area contributed by atoms with Crippen LogP contribution in [0.5, 0.6) is 0 Å². The summed E-state index contributed by atoms with van der Waals surface area (Å²) in [5.74, 6) is 0.205. The number of azo groups is 1. The number of nitrogens with two attached hydrogens (primary N) is 1. The van der Waals surface area contributed by atoms with Gasteiger partial charge in [0.1, 0.15) is 18.1 Å². The van der Waals surface area contributed by atoms with Gasteiger partial charge in [0.25, 0.3) is 0 Å². The summed E-state index contributed by atoms with van der Waals surface area (Å²) in [5.41, 5.74) is 6.85. The molecular formula is C11H9Cl2N5. The predicted octanol–water partition coefficient (Wildman–Crippen LogP) is 3.65. The zero-order valence-corrected chi connectivity index (χ0v) is 10.7. The minimum atomic E-state index is 0.0814. The second kappa shape index (κ2) is 5.75.